The van der Waals surface area contributed by atoms with Crippen LogP contribution in [0, 0.1) is 17.0 Å². The zero-order chi connectivity index (χ0) is 18.6. The fourth-order valence-corrected chi connectivity index (χ4v) is 1.93. The van der Waals surface area contributed by atoms with Gasteiger partial charge in [-0.3, -0.25) is 9.59 Å². The molecule has 0 fully saturated rings. The largest absolute Gasteiger partial charge is 0.497 e. The number of ether oxygens (including phenoxy) is 1. The molecule has 0 aliphatic heterocycles. The zero-order valence-electron chi connectivity index (χ0n) is 14.0. The summed E-state index contributed by atoms with van der Waals surface area (Å²) in [5.41, 5.74) is -1.20. The summed E-state index contributed by atoms with van der Waals surface area (Å²) >= 11 is 0. The molecular formula is C18H18F2N2O3. The van der Waals surface area contributed by atoms with Gasteiger partial charge in [0.05, 0.1) is 12.8 Å². The predicted octanol–water partition coefficient (Wildman–Crippen LogP) is 3.58. The van der Waals surface area contributed by atoms with Crippen molar-refractivity contribution in [2.75, 3.05) is 17.7 Å². The minimum atomic E-state index is -1.49. The van der Waals surface area contributed by atoms with Crippen LogP contribution in [0.4, 0.5) is 20.2 Å². The fraction of sp³-hybridized carbons (Fsp3) is 0.222. The van der Waals surface area contributed by atoms with Crippen LogP contribution in [0.3, 0.4) is 0 Å². The predicted molar refractivity (Wildman–Crippen MR) is 90.4 cm³/mol. The number of carbonyl (C=O) groups is 2. The zero-order valence-corrected chi connectivity index (χ0v) is 14.0. The molecule has 2 N–H and O–H groups in total. The molecule has 5 nitrogen and oxygen atoms in total. The van der Waals surface area contributed by atoms with Crippen LogP contribution in [0.25, 0.3) is 0 Å². The summed E-state index contributed by atoms with van der Waals surface area (Å²) in [5, 5.41) is 4.92. The Hall–Kier alpha value is -2.96. The number of carbonyl (C=O) groups excluding carboxylic acids is 2. The Morgan fingerprint density at radius 2 is 1.56 bits per heavy atom. The summed E-state index contributed by atoms with van der Waals surface area (Å²) in [6, 6.07) is 9.35. The Labute approximate surface area is 144 Å². The van der Waals surface area contributed by atoms with Gasteiger partial charge in [0.1, 0.15) is 22.8 Å². The molecule has 0 heterocycles. The van der Waals surface area contributed by atoms with E-state index in [0.29, 0.717) is 17.5 Å². The number of nitrogens with one attached hydrogen (secondary N) is 2. The quantitative estimate of drug-likeness (QED) is 0.812. The van der Waals surface area contributed by atoms with Gasteiger partial charge in [0, 0.05) is 11.8 Å². The number of hydrogen-bond donors (Lipinski definition) is 2. The summed E-state index contributed by atoms with van der Waals surface area (Å²) in [7, 11) is 1.52. The van der Waals surface area contributed by atoms with Gasteiger partial charge in [0.25, 0.3) is 0 Å². The van der Waals surface area contributed by atoms with Gasteiger partial charge in [0.15, 0.2) is 0 Å². The maximum atomic E-state index is 13.7. The molecule has 25 heavy (non-hydrogen) atoms. The molecule has 0 aliphatic rings. The van der Waals surface area contributed by atoms with Crippen LogP contribution < -0.4 is 15.4 Å². The highest BCUT2D eigenvalue weighted by Gasteiger charge is 2.36. The molecule has 0 saturated heterocycles. The molecule has 2 aromatic carbocycles. The number of anilines is 2. The van der Waals surface area contributed by atoms with Crippen molar-refractivity contribution >= 4 is 23.2 Å². The minimum absolute atomic E-state index is 0.197. The molecule has 0 radical (unpaired) electrons. The van der Waals surface area contributed by atoms with E-state index in [1.807, 2.05) is 0 Å². The summed E-state index contributed by atoms with van der Waals surface area (Å²) in [6.07, 6.45) is 0. The normalized spacial score (nSPS) is 10.9. The van der Waals surface area contributed by atoms with E-state index in [0.717, 1.165) is 12.1 Å². The molecule has 0 aliphatic carbocycles. The lowest BCUT2D eigenvalue weighted by molar-refractivity contribution is -0.135. The van der Waals surface area contributed by atoms with Crippen LogP contribution in [0.15, 0.2) is 42.5 Å². The second-order valence-corrected chi connectivity index (χ2v) is 5.89. The molecule has 0 saturated carbocycles. The van der Waals surface area contributed by atoms with E-state index in [-0.39, 0.29) is 5.69 Å². The van der Waals surface area contributed by atoms with Gasteiger partial charge in [-0.05, 0) is 50.2 Å². The highest BCUT2D eigenvalue weighted by atomic mass is 19.1. The third-order valence-corrected chi connectivity index (χ3v) is 3.66. The highest BCUT2D eigenvalue weighted by molar-refractivity contribution is 6.14. The van der Waals surface area contributed by atoms with Crippen molar-refractivity contribution in [3.63, 3.8) is 0 Å². The molecule has 2 amide bonds. The van der Waals surface area contributed by atoms with Crippen LogP contribution in [0.5, 0.6) is 5.75 Å². The number of rotatable bonds is 5. The Balaban J connectivity index is 2.09. The van der Waals surface area contributed by atoms with Gasteiger partial charge in [-0.25, -0.2) is 8.78 Å². The Bertz CT molecular complexity index is 789. The first-order chi connectivity index (χ1) is 11.7. The summed E-state index contributed by atoms with van der Waals surface area (Å²) in [4.78, 5) is 24.8. The van der Waals surface area contributed by atoms with Crippen molar-refractivity contribution in [1.82, 2.24) is 0 Å². The third kappa shape index (κ3) is 4.32. The molecule has 0 aromatic heterocycles. The van der Waals surface area contributed by atoms with Gasteiger partial charge < -0.3 is 15.4 Å². The van der Waals surface area contributed by atoms with Crippen molar-refractivity contribution in [2.24, 2.45) is 5.41 Å². The van der Waals surface area contributed by atoms with Crippen LogP contribution >= 0.6 is 0 Å². The number of amides is 2. The van der Waals surface area contributed by atoms with Crippen molar-refractivity contribution < 1.29 is 23.1 Å². The molecule has 0 atom stereocenters. The van der Waals surface area contributed by atoms with Crippen molar-refractivity contribution in [3.05, 3.63) is 54.1 Å². The smallest absolute Gasteiger partial charge is 0.239 e. The van der Waals surface area contributed by atoms with Crippen molar-refractivity contribution in [2.45, 2.75) is 13.8 Å². The fourth-order valence-electron chi connectivity index (χ4n) is 1.93. The summed E-state index contributed by atoms with van der Waals surface area (Å²) < 4.78 is 31.6. The van der Waals surface area contributed by atoms with Crippen molar-refractivity contribution in [1.29, 1.82) is 0 Å². The second-order valence-electron chi connectivity index (χ2n) is 5.89. The first kappa shape index (κ1) is 18.4. The van der Waals surface area contributed by atoms with Crippen molar-refractivity contribution in [3.8, 4) is 5.75 Å². The van der Waals surface area contributed by atoms with Gasteiger partial charge in [-0.15, -0.1) is 0 Å². The average Bonchev–Trinajstić information content (AvgIpc) is 2.57. The van der Waals surface area contributed by atoms with E-state index in [1.165, 1.54) is 21.0 Å². The molecule has 132 valence electrons. The van der Waals surface area contributed by atoms with Gasteiger partial charge >= 0.3 is 0 Å². The van der Waals surface area contributed by atoms with E-state index < -0.39 is 28.9 Å². The maximum Gasteiger partial charge on any atom is 0.239 e. The molecule has 7 heteroatoms. The van der Waals surface area contributed by atoms with Crippen LogP contribution in [-0.2, 0) is 9.59 Å². The Kier molecular flexibility index (Phi) is 5.36. The standard InChI is InChI=1S/C18H18F2N2O3/c1-18(2,16(23)21-12-5-7-13(25-3)8-6-12)17(24)22-15-9-4-11(19)10-14(15)20/h4-10H,1-3H3,(H,21,23)(H,22,24). The third-order valence-electron chi connectivity index (χ3n) is 3.66. The van der Waals surface area contributed by atoms with Crippen LogP contribution in [-0.4, -0.2) is 18.9 Å². The maximum absolute atomic E-state index is 13.7. The van der Waals surface area contributed by atoms with E-state index in [1.54, 1.807) is 24.3 Å². The molecule has 0 unspecified atom stereocenters. The monoisotopic (exact) mass is 348 g/mol. The van der Waals surface area contributed by atoms with E-state index in [9.17, 15) is 18.4 Å². The summed E-state index contributed by atoms with van der Waals surface area (Å²) in [6.45, 7) is 2.81. The number of halogens is 2. The molecule has 0 spiro atoms. The van der Waals surface area contributed by atoms with E-state index >= 15 is 0 Å². The van der Waals surface area contributed by atoms with Gasteiger partial charge in [-0.2, -0.15) is 0 Å². The lowest BCUT2D eigenvalue weighted by Gasteiger charge is -2.23. The Morgan fingerprint density at radius 1 is 0.960 bits per heavy atom. The molecule has 2 aromatic rings. The first-order valence-electron chi connectivity index (χ1n) is 7.46. The van der Waals surface area contributed by atoms with E-state index in [2.05, 4.69) is 10.6 Å². The van der Waals surface area contributed by atoms with Crippen LogP contribution in [0.2, 0.25) is 0 Å². The number of methoxy groups -OCH3 is 1. The van der Waals surface area contributed by atoms with E-state index in [4.69, 9.17) is 4.74 Å². The molecular weight excluding hydrogens is 330 g/mol. The van der Waals surface area contributed by atoms with Crippen LogP contribution in [0.1, 0.15) is 13.8 Å². The SMILES string of the molecule is COc1ccc(NC(=O)C(C)(C)C(=O)Nc2ccc(F)cc2F)cc1. The lowest BCUT2D eigenvalue weighted by atomic mass is 9.90. The first-order valence-corrected chi connectivity index (χ1v) is 7.46. The lowest BCUT2D eigenvalue weighted by Crippen LogP contribution is -2.41. The second kappa shape index (κ2) is 7.29. The molecule has 2 rings (SSSR count). The van der Waals surface area contributed by atoms with Gasteiger partial charge in [0.2, 0.25) is 11.8 Å². The average molecular weight is 348 g/mol. The number of benzene rings is 2. The molecule has 0 bridgehead atoms. The van der Waals surface area contributed by atoms with Gasteiger partial charge in [-0.1, -0.05) is 0 Å². The highest BCUT2D eigenvalue weighted by Crippen LogP contribution is 2.24. The number of hydrogen-bond acceptors (Lipinski definition) is 3. The summed E-state index contributed by atoms with van der Waals surface area (Å²) in [5.74, 6) is -2.34. The topological polar surface area (TPSA) is 67.4 Å². The Morgan fingerprint density at radius 3 is 2.12 bits per heavy atom. The minimum Gasteiger partial charge on any atom is -0.497 e.